The van der Waals surface area contributed by atoms with Gasteiger partial charge < -0.3 is 9.72 Å². The van der Waals surface area contributed by atoms with Gasteiger partial charge in [0.1, 0.15) is 0 Å². The van der Waals surface area contributed by atoms with Crippen molar-refractivity contribution in [3.63, 3.8) is 0 Å². The molecule has 1 rings (SSSR count). The number of hydrogen-bond donors (Lipinski definition) is 1. The maximum Gasteiger partial charge on any atom is 0.339 e. The lowest BCUT2D eigenvalue weighted by Crippen LogP contribution is -2.17. The smallest absolute Gasteiger partial charge is 0.339 e. The lowest BCUT2D eigenvalue weighted by molar-refractivity contribution is 0.0523. The Morgan fingerprint density at radius 2 is 2.14 bits per heavy atom. The molecule has 3 nitrogen and oxygen atoms in total. The van der Waals surface area contributed by atoms with Gasteiger partial charge in [0.15, 0.2) is 0 Å². The number of carbonyl (C=O) groups is 1. The second kappa shape index (κ2) is 3.86. The Morgan fingerprint density at radius 1 is 1.50 bits per heavy atom. The Balaban J connectivity index is 2.99. The molecular weight excluding hydrogens is 178 g/mol. The molecule has 0 atom stereocenters. The first kappa shape index (κ1) is 10.8. The Bertz CT molecular complexity index is 320. The van der Waals surface area contributed by atoms with Crippen molar-refractivity contribution in [3.05, 3.63) is 23.5 Å². The molecule has 78 valence electrons. The van der Waals surface area contributed by atoms with Gasteiger partial charge in [-0.15, -0.1) is 0 Å². The third kappa shape index (κ3) is 2.16. The molecule has 0 aromatic carbocycles. The van der Waals surface area contributed by atoms with Crippen molar-refractivity contribution in [1.82, 2.24) is 4.98 Å². The van der Waals surface area contributed by atoms with Gasteiger partial charge in [-0.25, -0.2) is 4.79 Å². The molecule has 0 saturated carbocycles. The minimum atomic E-state index is -0.251. The van der Waals surface area contributed by atoms with Crippen molar-refractivity contribution in [3.8, 4) is 0 Å². The summed E-state index contributed by atoms with van der Waals surface area (Å²) < 4.78 is 4.96. The van der Waals surface area contributed by atoms with Crippen LogP contribution >= 0.6 is 0 Å². The Labute approximate surface area is 84.5 Å². The zero-order chi connectivity index (χ0) is 10.8. The van der Waals surface area contributed by atoms with Crippen LogP contribution in [0, 0.1) is 0 Å². The molecule has 0 bridgehead atoms. The van der Waals surface area contributed by atoms with Gasteiger partial charge in [0.2, 0.25) is 0 Å². The minimum Gasteiger partial charge on any atom is -0.462 e. The molecule has 1 N–H and O–H groups in total. The molecule has 0 saturated heterocycles. The number of ether oxygens (including phenoxy) is 1. The van der Waals surface area contributed by atoms with Gasteiger partial charge in [-0.3, -0.25) is 0 Å². The summed E-state index contributed by atoms with van der Waals surface area (Å²) in [6.07, 6.45) is 1.77. The van der Waals surface area contributed by atoms with Gasteiger partial charge in [-0.2, -0.15) is 0 Å². The Kier molecular flexibility index (Phi) is 2.99. The molecule has 0 spiro atoms. The van der Waals surface area contributed by atoms with Crippen LogP contribution in [0.3, 0.4) is 0 Å². The van der Waals surface area contributed by atoms with Gasteiger partial charge in [0.25, 0.3) is 0 Å². The van der Waals surface area contributed by atoms with Crippen LogP contribution in [0.15, 0.2) is 12.3 Å². The largest absolute Gasteiger partial charge is 0.462 e. The minimum absolute atomic E-state index is 0.0639. The molecule has 0 aliphatic heterocycles. The summed E-state index contributed by atoms with van der Waals surface area (Å²) >= 11 is 0. The van der Waals surface area contributed by atoms with Crippen LogP contribution in [0.4, 0.5) is 0 Å². The van der Waals surface area contributed by atoms with Gasteiger partial charge in [-0.1, -0.05) is 20.8 Å². The molecule has 1 heterocycles. The zero-order valence-corrected chi connectivity index (χ0v) is 9.18. The fraction of sp³-hybridized carbons (Fsp3) is 0.545. The summed E-state index contributed by atoms with van der Waals surface area (Å²) in [7, 11) is 0. The van der Waals surface area contributed by atoms with Crippen molar-refractivity contribution in [2.75, 3.05) is 6.61 Å². The topological polar surface area (TPSA) is 42.1 Å². The number of H-pyrrole nitrogens is 1. The van der Waals surface area contributed by atoms with Gasteiger partial charge in [-0.05, 0) is 13.0 Å². The van der Waals surface area contributed by atoms with Crippen molar-refractivity contribution < 1.29 is 9.53 Å². The van der Waals surface area contributed by atoms with E-state index in [1.54, 1.807) is 19.2 Å². The van der Waals surface area contributed by atoms with Crippen molar-refractivity contribution in [2.24, 2.45) is 0 Å². The lowest BCUT2D eigenvalue weighted by Gasteiger charge is -2.18. The number of hydrogen-bond acceptors (Lipinski definition) is 2. The summed E-state index contributed by atoms with van der Waals surface area (Å²) in [6, 6.07) is 1.76. The first-order valence-corrected chi connectivity index (χ1v) is 4.81. The van der Waals surface area contributed by atoms with Crippen LogP contribution in [0.5, 0.6) is 0 Å². The second-order valence-corrected chi connectivity index (χ2v) is 4.24. The van der Waals surface area contributed by atoms with Crippen LogP contribution in [-0.2, 0) is 10.2 Å². The number of aromatic nitrogens is 1. The monoisotopic (exact) mass is 195 g/mol. The highest BCUT2D eigenvalue weighted by Crippen LogP contribution is 2.24. The molecular formula is C11H17NO2. The summed E-state index contributed by atoms with van der Waals surface area (Å²) in [6.45, 7) is 8.39. The lowest BCUT2D eigenvalue weighted by atomic mass is 9.89. The molecule has 0 amide bonds. The average Bonchev–Trinajstić information content (AvgIpc) is 2.50. The summed E-state index contributed by atoms with van der Waals surface area (Å²) in [4.78, 5) is 14.6. The summed E-state index contributed by atoms with van der Waals surface area (Å²) in [5, 5.41) is 0. The quantitative estimate of drug-likeness (QED) is 0.737. The van der Waals surface area contributed by atoms with E-state index in [1.165, 1.54) is 0 Å². The summed E-state index contributed by atoms with van der Waals surface area (Å²) in [5.41, 5.74) is 1.50. The van der Waals surface area contributed by atoms with E-state index in [0.717, 1.165) is 5.69 Å². The number of rotatable bonds is 2. The predicted molar refractivity (Wildman–Crippen MR) is 55.4 cm³/mol. The van der Waals surface area contributed by atoms with Crippen molar-refractivity contribution >= 4 is 5.97 Å². The van der Waals surface area contributed by atoms with E-state index >= 15 is 0 Å². The van der Waals surface area contributed by atoms with E-state index in [1.807, 2.05) is 0 Å². The van der Waals surface area contributed by atoms with Gasteiger partial charge >= 0.3 is 5.97 Å². The molecule has 14 heavy (non-hydrogen) atoms. The molecule has 0 unspecified atom stereocenters. The van der Waals surface area contributed by atoms with Gasteiger partial charge in [0.05, 0.1) is 12.2 Å². The van der Waals surface area contributed by atoms with E-state index in [4.69, 9.17) is 4.74 Å². The van der Waals surface area contributed by atoms with Crippen LogP contribution in [0.25, 0.3) is 0 Å². The normalized spacial score (nSPS) is 11.4. The van der Waals surface area contributed by atoms with Crippen LogP contribution in [-0.4, -0.2) is 17.6 Å². The molecule has 0 radical (unpaired) electrons. The number of nitrogens with one attached hydrogen (secondary N) is 1. The third-order valence-corrected chi connectivity index (χ3v) is 1.99. The second-order valence-electron chi connectivity index (χ2n) is 4.24. The summed E-state index contributed by atoms with van der Waals surface area (Å²) in [5.74, 6) is -0.251. The van der Waals surface area contributed by atoms with Crippen LogP contribution in [0.2, 0.25) is 0 Å². The first-order chi connectivity index (χ1) is 6.46. The fourth-order valence-corrected chi connectivity index (χ4v) is 1.37. The SMILES string of the molecule is CCOC(=O)c1cc[nH]c1C(C)(C)C. The molecule has 0 fully saturated rings. The van der Waals surface area contributed by atoms with E-state index < -0.39 is 0 Å². The van der Waals surface area contributed by atoms with Crippen molar-refractivity contribution in [1.29, 1.82) is 0 Å². The van der Waals surface area contributed by atoms with E-state index in [2.05, 4.69) is 25.8 Å². The fourth-order valence-electron chi connectivity index (χ4n) is 1.37. The average molecular weight is 195 g/mol. The molecule has 0 aliphatic rings. The zero-order valence-electron chi connectivity index (χ0n) is 9.18. The van der Waals surface area contributed by atoms with E-state index in [9.17, 15) is 4.79 Å². The van der Waals surface area contributed by atoms with E-state index in [0.29, 0.717) is 12.2 Å². The molecule has 1 aromatic heterocycles. The Morgan fingerprint density at radius 3 is 2.64 bits per heavy atom. The number of carbonyl (C=O) groups excluding carboxylic acids is 1. The highest BCUT2D eigenvalue weighted by Gasteiger charge is 2.23. The highest BCUT2D eigenvalue weighted by molar-refractivity contribution is 5.91. The maximum absolute atomic E-state index is 11.5. The van der Waals surface area contributed by atoms with E-state index in [-0.39, 0.29) is 11.4 Å². The van der Waals surface area contributed by atoms with Crippen LogP contribution < -0.4 is 0 Å². The van der Waals surface area contributed by atoms with Crippen molar-refractivity contribution in [2.45, 2.75) is 33.1 Å². The number of aromatic amines is 1. The predicted octanol–water partition coefficient (Wildman–Crippen LogP) is 2.49. The first-order valence-electron chi connectivity index (χ1n) is 4.81. The highest BCUT2D eigenvalue weighted by atomic mass is 16.5. The standard InChI is InChI=1S/C11H17NO2/c1-5-14-10(13)8-6-7-12-9(8)11(2,3)4/h6-7,12H,5H2,1-4H3. The molecule has 3 heteroatoms. The third-order valence-electron chi connectivity index (χ3n) is 1.99. The van der Waals surface area contributed by atoms with Gasteiger partial charge in [0, 0.05) is 17.3 Å². The Hall–Kier alpha value is -1.25. The maximum atomic E-state index is 11.5. The van der Waals surface area contributed by atoms with Crippen LogP contribution in [0.1, 0.15) is 43.7 Å². The molecule has 0 aliphatic carbocycles. The number of esters is 1. The molecule has 1 aromatic rings.